The number of sulfone groups is 1. The van der Waals surface area contributed by atoms with E-state index in [1.54, 1.807) is 30.3 Å². The van der Waals surface area contributed by atoms with Crippen LogP contribution in [0.2, 0.25) is 10.0 Å². The monoisotopic (exact) mass is 480 g/mol. The maximum Gasteiger partial charge on any atom is 0.175 e. The Labute approximate surface area is 193 Å². The van der Waals surface area contributed by atoms with Crippen molar-refractivity contribution < 1.29 is 13.2 Å². The van der Waals surface area contributed by atoms with Crippen LogP contribution >= 0.6 is 23.2 Å². The molecule has 0 saturated carbocycles. The van der Waals surface area contributed by atoms with Crippen molar-refractivity contribution in [3.8, 4) is 5.75 Å². The molecule has 0 radical (unpaired) electrons. The van der Waals surface area contributed by atoms with Gasteiger partial charge in [0.15, 0.2) is 9.84 Å². The minimum absolute atomic E-state index is 0.170. The first-order chi connectivity index (χ1) is 14.8. The molecule has 0 N–H and O–H groups in total. The molecule has 2 fully saturated rings. The van der Waals surface area contributed by atoms with Gasteiger partial charge in [-0.15, -0.1) is 0 Å². The summed E-state index contributed by atoms with van der Waals surface area (Å²) < 4.78 is 30.1. The van der Waals surface area contributed by atoms with E-state index in [2.05, 4.69) is 9.80 Å². The highest BCUT2D eigenvalue weighted by atomic mass is 35.5. The van der Waals surface area contributed by atoms with Crippen LogP contribution in [0, 0.1) is 0 Å². The molecule has 5 rings (SSSR count). The van der Waals surface area contributed by atoms with Crippen LogP contribution in [-0.2, 0) is 16.3 Å². The Kier molecular flexibility index (Phi) is 5.72. The Morgan fingerprint density at radius 3 is 2.52 bits per heavy atom. The van der Waals surface area contributed by atoms with Gasteiger partial charge in [0.2, 0.25) is 0 Å². The summed E-state index contributed by atoms with van der Waals surface area (Å²) in [5.74, 6) is 0.644. The first kappa shape index (κ1) is 21.5. The molecule has 1 aliphatic carbocycles. The van der Waals surface area contributed by atoms with E-state index in [-0.39, 0.29) is 17.0 Å². The smallest absolute Gasteiger partial charge is 0.175 e. The number of benzene rings is 2. The van der Waals surface area contributed by atoms with Crippen LogP contribution in [-0.4, -0.2) is 62.7 Å². The van der Waals surface area contributed by atoms with Crippen molar-refractivity contribution in [2.45, 2.75) is 42.3 Å². The number of piperazine rings is 1. The second kappa shape index (κ2) is 8.23. The van der Waals surface area contributed by atoms with Gasteiger partial charge in [-0.2, -0.15) is 0 Å². The van der Waals surface area contributed by atoms with Crippen molar-refractivity contribution in [1.82, 2.24) is 9.80 Å². The molecule has 31 heavy (non-hydrogen) atoms. The molecule has 2 aromatic carbocycles. The molecule has 5 nitrogen and oxygen atoms in total. The number of ether oxygens (including phenoxy) is 1. The summed E-state index contributed by atoms with van der Waals surface area (Å²) in [4.78, 5) is 5.43. The molecule has 3 aliphatic rings. The van der Waals surface area contributed by atoms with Gasteiger partial charge in [-0.05, 0) is 67.8 Å². The number of halogens is 2. The standard InChI is InChI=1S/C23H26Cl2N2O3S/c1-31(28,29)18-6-4-17(5-7-18)30-23-20-11-15(24)12-21(25)19(20)13-22(23)27-10-9-26-8-2-3-16(26)14-27/h4-7,11-12,16,22-23H,2-3,8-10,13-14H2,1H3/t16-,22-,23-/m0/s1. The Morgan fingerprint density at radius 2 is 1.77 bits per heavy atom. The molecule has 2 aliphatic heterocycles. The molecule has 8 heteroatoms. The average Bonchev–Trinajstić information content (AvgIpc) is 3.32. The number of fused-ring (bicyclic) bond motifs is 2. The van der Waals surface area contributed by atoms with Gasteiger partial charge in [-0.25, -0.2) is 8.42 Å². The second-order valence-electron chi connectivity index (χ2n) is 8.84. The summed E-state index contributed by atoms with van der Waals surface area (Å²) in [7, 11) is -3.25. The molecule has 0 bridgehead atoms. The van der Waals surface area contributed by atoms with E-state index in [1.807, 2.05) is 6.07 Å². The number of hydrogen-bond acceptors (Lipinski definition) is 5. The van der Waals surface area contributed by atoms with Gasteiger partial charge in [0.1, 0.15) is 11.9 Å². The number of rotatable bonds is 4. The van der Waals surface area contributed by atoms with Crippen molar-refractivity contribution >= 4 is 33.0 Å². The lowest BCUT2D eigenvalue weighted by molar-refractivity contribution is 0.0242. The first-order valence-electron chi connectivity index (χ1n) is 10.7. The molecule has 2 aromatic rings. The maximum absolute atomic E-state index is 11.8. The zero-order valence-electron chi connectivity index (χ0n) is 17.4. The van der Waals surface area contributed by atoms with Gasteiger partial charge in [-0.3, -0.25) is 9.80 Å². The normalized spacial score (nSPS) is 26.6. The summed E-state index contributed by atoms with van der Waals surface area (Å²) in [6, 6.07) is 11.2. The molecule has 0 spiro atoms. The fourth-order valence-electron chi connectivity index (χ4n) is 5.31. The highest BCUT2D eigenvalue weighted by molar-refractivity contribution is 7.90. The van der Waals surface area contributed by atoms with Crippen LogP contribution in [0.15, 0.2) is 41.3 Å². The molecular formula is C23H26Cl2N2O3S. The van der Waals surface area contributed by atoms with Gasteiger partial charge < -0.3 is 4.74 Å². The first-order valence-corrected chi connectivity index (χ1v) is 13.4. The van der Waals surface area contributed by atoms with Crippen molar-refractivity contribution in [3.63, 3.8) is 0 Å². The van der Waals surface area contributed by atoms with E-state index in [0.29, 0.717) is 21.8 Å². The Balaban J connectivity index is 1.45. The minimum Gasteiger partial charge on any atom is -0.484 e. The third-order valence-electron chi connectivity index (χ3n) is 6.87. The van der Waals surface area contributed by atoms with E-state index >= 15 is 0 Å². The van der Waals surface area contributed by atoms with Gasteiger partial charge in [0, 0.05) is 47.5 Å². The SMILES string of the molecule is CS(=O)(=O)c1ccc(O[C@H]2c3cc(Cl)cc(Cl)c3C[C@@H]2N2CCN3CCC[C@H]3C2)cc1. The van der Waals surface area contributed by atoms with Gasteiger partial charge in [-0.1, -0.05) is 23.2 Å². The van der Waals surface area contributed by atoms with E-state index < -0.39 is 9.84 Å². The van der Waals surface area contributed by atoms with E-state index in [9.17, 15) is 8.42 Å². The molecule has 0 amide bonds. The third-order valence-corrected chi connectivity index (χ3v) is 8.55. The van der Waals surface area contributed by atoms with Gasteiger partial charge in [0.25, 0.3) is 0 Å². The van der Waals surface area contributed by atoms with Crippen molar-refractivity contribution in [1.29, 1.82) is 0 Å². The van der Waals surface area contributed by atoms with E-state index in [1.165, 1.54) is 25.6 Å². The predicted molar refractivity (Wildman–Crippen MR) is 123 cm³/mol. The fraction of sp³-hybridized carbons (Fsp3) is 0.478. The Morgan fingerprint density at radius 1 is 1.03 bits per heavy atom. The lowest BCUT2D eigenvalue weighted by atomic mass is 10.1. The third kappa shape index (κ3) is 4.21. The summed E-state index contributed by atoms with van der Waals surface area (Å²) in [6.45, 7) is 4.34. The van der Waals surface area contributed by atoms with Crippen molar-refractivity contribution in [3.05, 3.63) is 57.6 Å². The summed E-state index contributed by atoms with van der Waals surface area (Å²) in [6.07, 6.45) is 4.35. The van der Waals surface area contributed by atoms with Crippen LogP contribution in [0.4, 0.5) is 0 Å². The fourth-order valence-corrected chi connectivity index (χ4v) is 6.52. The average molecular weight is 481 g/mol. The largest absolute Gasteiger partial charge is 0.484 e. The van der Waals surface area contributed by atoms with Crippen molar-refractivity contribution in [2.24, 2.45) is 0 Å². The molecule has 2 heterocycles. The maximum atomic E-state index is 11.8. The Bertz CT molecular complexity index is 1090. The van der Waals surface area contributed by atoms with E-state index in [0.717, 1.165) is 37.2 Å². The predicted octanol–water partition coefficient (Wildman–Crippen LogP) is 4.22. The molecule has 0 unspecified atom stereocenters. The highest BCUT2D eigenvalue weighted by Crippen LogP contribution is 2.43. The lowest BCUT2D eigenvalue weighted by Crippen LogP contribution is -2.54. The van der Waals surface area contributed by atoms with Crippen LogP contribution in [0.3, 0.4) is 0 Å². The van der Waals surface area contributed by atoms with Crippen molar-refractivity contribution in [2.75, 3.05) is 32.4 Å². The van der Waals surface area contributed by atoms with Crippen LogP contribution in [0.1, 0.15) is 30.1 Å². The van der Waals surface area contributed by atoms with Gasteiger partial charge >= 0.3 is 0 Å². The quantitative estimate of drug-likeness (QED) is 0.655. The van der Waals surface area contributed by atoms with Crippen LogP contribution in [0.5, 0.6) is 5.75 Å². The molecular weight excluding hydrogens is 455 g/mol. The lowest BCUT2D eigenvalue weighted by Gasteiger charge is -2.42. The zero-order valence-corrected chi connectivity index (χ0v) is 19.8. The molecule has 166 valence electrons. The topological polar surface area (TPSA) is 49.9 Å². The number of nitrogens with zero attached hydrogens (tertiary/aromatic N) is 2. The number of hydrogen-bond donors (Lipinski definition) is 0. The highest BCUT2D eigenvalue weighted by Gasteiger charge is 2.42. The van der Waals surface area contributed by atoms with Gasteiger partial charge in [0.05, 0.1) is 10.9 Å². The molecule has 0 aromatic heterocycles. The Hall–Kier alpha value is -1.31. The summed E-state index contributed by atoms with van der Waals surface area (Å²) in [5, 5.41) is 1.29. The van der Waals surface area contributed by atoms with Crippen LogP contribution in [0.25, 0.3) is 0 Å². The minimum atomic E-state index is -3.25. The van der Waals surface area contributed by atoms with E-state index in [4.69, 9.17) is 27.9 Å². The molecule has 3 atom stereocenters. The van der Waals surface area contributed by atoms with Crippen LogP contribution < -0.4 is 4.74 Å². The summed E-state index contributed by atoms with van der Waals surface area (Å²) >= 11 is 12.9. The zero-order chi connectivity index (χ0) is 21.8. The second-order valence-corrected chi connectivity index (χ2v) is 11.7. The summed E-state index contributed by atoms with van der Waals surface area (Å²) in [5.41, 5.74) is 2.13. The molecule has 2 saturated heterocycles.